The van der Waals surface area contributed by atoms with Crippen LogP contribution in [0.5, 0.6) is 0 Å². The van der Waals surface area contributed by atoms with Gasteiger partial charge < -0.3 is 4.74 Å². The van der Waals surface area contributed by atoms with Crippen LogP contribution in [-0.4, -0.2) is 33.9 Å². The first kappa shape index (κ1) is 12.9. The van der Waals surface area contributed by atoms with Gasteiger partial charge >= 0.3 is 0 Å². The molecule has 4 nitrogen and oxygen atoms in total. The molecule has 0 saturated carbocycles. The third-order valence-electron chi connectivity index (χ3n) is 1.41. The van der Waals surface area contributed by atoms with E-state index in [0.717, 1.165) is 0 Å². The molecule has 0 bridgehead atoms. The smallest absolute Gasteiger partial charge is 0.213 e. The molecule has 13 heavy (non-hydrogen) atoms. The van der Waals surface area contributed by atoms with Gasteiger partial charge in [0.05, 0.1) is 12.4 Å². The van der Waals surface area contributed by atoms with Gasteiger partial charge in [0.1, 0.15) is 0 Å². The van der Waals surface area contributed by atoms with Crippen molar-refractivity contribution in [3.63, 3.8) is 0 Å². The molecule has 0 unspecified atom stereocenters. The van der Waals surface area contributed by atoms with Gasteiger partial charge in [-0.3, -0.25) is 0 Å². The van der Waals surface area contributed by atoms with E-state index >= 15 is 0 Å². The Kier molecular flexibility index (Phi) is 6.28. The minimum atomic E-state index is -3.12. The maximum atomic E-state index is 11.2. The van der Waals surface area contributed by atoms with Crippen molar-refractivity contribution < 1.29 is 13.2 Å². The van der Waals surface area contributed by atoms with Crippen LogP contribution in [0.25, 0.3) is 0 Å². The summed E-state index contributed by atoms with van der Waals surface area (Å²) in [6.07, 6.45) is 0. The first-order chi connectivity index (χ1) is 5.98. The van der Waals surface area contributed by atoms with Crippen LogP contribution in [0.2, 0.25) is 0 Å². The molecule has 0 rings (SSSR count). The first-order valence-electron chi connectivity index (χ1n) is 4.53. The van der Waals surface area contributed by atoms with Crippen molar-refractivity contribution in [2.24, 2.45) is 5.92 Å². The third-order valence-corrected chi connectivity index (χ3v) is 2.72. The zero-order valence-corrected chi connectivity index (χ0v) is 9.36. The highest BCUT2D eigenvalue weighted by Gasteiger charge is 2.09. The van der Waals surface area contributed by atoms with Gasteiger partial charge in [-0.2, -0.15) is 0 Å². The minimum Gasteiger partial charge on any atom is -0.381 e. The summed E-state index contributed by atoms with van der Waals surface area (Å²) in [6, 6.07) is 0. The Hall–Kier alpha value is -0.130. The van der Waals surface area contributed by atoms with Crippen LogP contribution in [0.15, 0.2) is 0 Å². The van der Waals surface area contributed by atoms with Gasteiger partial charge in [-0.05, 0) is 12.8 Å². The molecule has 5 heteroatoms. The fraction of sp³-hybridized carbons (Fsp3) is 1.00. The second kappa shape index (κ2) is 6.34. The molecule has 0 amide bonds. The molecule has 1 N–H and O–H groups in total. The summed E-state index contributed by atoms with van der Waals surface area (Å²) in [7, 11) is -3.12. The van der Waals surface area contributed by atoms with Gasteiger partial charge in [-0.25, -0.2) is 13.1 Å². The van der Waals surface area contributed by atoms with E-state index in [4.69, 9.17) is 4.74 Å². The van der Waals surface area contributed by atoms with Crippen molar-refractivity contribution in [1.82, 2.24) is 4.72 Å². The normalized spacial score (nSPS) is 12.3. The van der Waals surface area contributed by atoms with Crippen molar-refractivity contribution >= 4 is 10.0 Å². The molecule has 0 spiro atoms. The zero-order chi connectivity index (χ0) is 10.3. The van der Waals surface area contributed by atoms with Crippen molar-refractivity contribution in [2.75, 3.05) is 25.5 Å². The van der Waals surface area contributed by atoms with E-state index in [1.165, 1.54) is 0 Å². The Morgan fingerprint density at radius 2 is 2.00 bits per heavy atom. The molecule has 0 aromatic rings. The van der Waals surface area contributed by atoms with E-state index in [1.807, 2.05) is 20.8 Å². The number of hydrogen-bond donors (Lipinski definition) is 1. The summed E-state index contributed by atoms with van der Waals surface area (Å²) in [5, 5.41) is 0. The van der Waals surface area contributed by atoms with E-state index in [9.17, 15) is 8.42 Å². The van der Waals surface area contributed by atoms with Gasteiger partial charge in [-0.15, -0.1) is 0 Å². The number of hydrogen-bond acceptors (Lipinski definition) is 3. The van der Waals surface area contributed by atoms with Crippen LogP contribution in [0.4, 0.5) is 0 Å². The lowest BCUT2D eigenvalue weighted by Gasteiger charge is -2.08. The molecule has 0 aliphatic rings. The highest BCUT2D eigenvalue weighted by Crippen LogP contribution is 1.91. The molecule has 0 aromatic carbocycles. The van der Waals surface area contributed by atoms with Crippen LogP contribution < -0.4 is 4.72 Å². The quantitative estimate of drug-likeness (QED) is 0.625. The van der Waals surface area contributed by atoms with Crippen LogP contribution in [-0.2, 0) is 14.8 Å². The second-order valence-electron chi connectivity index (χ2n) is 3.26. The molecule has 0 saturated heterocycles. The topological polar surface area (TPSA) is 55.4 Å². The number of sulfonamides is 1. The number of rotatable bonds is 7. The highest BCUT2D eigenvalue weighted by molar-refractivity contribution is 7.89. The Bertz CT molecular complexity index is 211. The van der Waals surface area contributed by atoms with Gasteiger partial charge in [0.2, 0.25) is 10.0 Å². The maximum absolute atomic E-state index is 11.2. The Morgan fingerprint density at radius 1 is 1.38 bits per heavy atom. The molecule has 0 aromatic heterocycles. The summed E-state index contributed by atoms with van der Waals surface area (Å²) >= 11 is 0. The maximum Gasteiger partial charge on any atom is 0.213 e. The Balaban J connectivity index is 3.68. The molecular formula is C8H19NO3S. The SMILES string of the molecule is CCOCCS(=O)(=O)NCC(C)C. The highest BCUT2D eigenvalue weighted by atomic mass is 32.2. The van der Waals surface area contributed by atoms with Crippen LogP contribution in [0, 0.1) is 5.92 Å². The largest absolute Gasteiger partial charge is 0.381 e. The number of ether oxygens (including phenoxy) is 1. The molecule has 0 atom stereocenters. The fourth-order valence-electron chi connectivity index (χ4n) is 0.679. The van der Waals surface area contributed by atoms with Crippen molar-refractivity contribution in [3.05, 3.63) is 0 Å². The van der Waals surface area contributed by atoms with Gasteiger partial charge in [0, 0.05) is 13.2 Å². The standard InChI is InChI=1S/C8H19NO3S/c1-4-12-5-6-13(10,11)9-7-8(2)3/h8-9H,4-7H2,1-3H3. The molecule has 0 radical (unpaired) electrons. The predicted molar refractivity (Wildman–Crippen MR) is 53.1 cm³/mol. The minimum absolute atomic E-state index is 0.0492. The number of nitrogens with one attached hydrogen (secondary N) is 1. The summed E-state index contributed by atoms with van der Waals surface area (Å²) in [6.45, 7) is 7.09. The van der Waals surface area contributed by atoms with E-state index in [-0.39, 0.29) is 12.4 Å². The second-order valence-corrected chi connectivity index (χ2v) is 5.18. The lowest BCUT2D eigenvalue weighted by molar-refractivity contribution is 0.163. The van der Waals surface area contributed by atoms with Gasteiger partial charge in [0.15, 0.2) is 0 Å². The summed E-state index contributed by atoms with van der Waals surface area (Å²) < 4.78 is 29.9. The molecule has 80 valence electrons. The monoisotopic (exact) mass is 209 g/mol. The molecule has 0 aliphatic heterocycles. The Morgan fingerprint density at radius 3 is 2.46 bits per heavy atom. The summed E-state index contributed by atoms with van der Waals surface area (Å²) in [5.74, 6) is 0.384. The van der Waals surface area contributed by atoms with Gasteiger partial charge in [0.25, 0.3) is 0 Å². The molecular weight excluding hydrogens is 190 g/mol. The lowest BCUT2D eigenvalue weighted by Crippen LogP contribution is -2.31. The zero-order valence-electron chi connectivity index (χ0n) is 8.54. The summed E-state index contributed by atoms with van der Waals surface area (Å²) in [4.78, 5) is 0. The van der Waals surface area contributed by atoms with Crippen molar-refractivity contribution in [1.29, 1.82) is 0 Å². The van der Waals surface area contributed by atoms with E-state index in [1.54, 1.807) is 0 Å². The van der Waals surface area contributed by atoms with Crippen molar-refractivity contribution in [3.8, 4) is 0 Å². The Labute approximate surface area is 80.7 Å². The lowest BCUT2D eigenvalue weighted by atomic mass is 10.2. The van der Waals surface area contributed by atoms with Crippen LogP contribution >= 0.6 is 0 Å². The molecule has 0 heterocycles. The average molecular weight is 209 g/mol. The van der Waals surface area contributed by atoms with Gasteiger partial charge in [-0.1, -0.05) is 13.8 Å². The van der Waals surface area contributed by atoms with Crippen molar-refractivity contribution in [2.45, 2.75) is 20.8 Å². The fourth-order valence-corrected chi connectivity index (χ4v) is 1.75. The average Bonchev–Trinajstić information content (AvgIpc) is 2.02. The van der Waals surface area contributed by atoms with E-state index in [2.05, 4.69) is 4.72 Å². The predicted octanol–water partition coefficient (Wildman–Crippen LogP) is 0.598. The first-order valence-corrected chi connectivity index (χ1v) is 6.18. The molecule has 0 aliphatic carbocycles. The van der Waals surface area contributed by atoms with E-state index in [0.29, 0.717) is 19.1 Å². The van der Waals surface area contributed by atoms with Crippen LogP contribution in [0.3, 0.4) is 0 Å². The van der Waals surface area contributed by atoms with E-state index < -0.39 is 10.0 Å². The third kappa shape index (κ3) is 8.21. The summed E-state index contributed by atoms with van der Waals surface area (Å²) in [5.41, 5.74) is 0. The molecule has 0 fully saturated rings. The van der Waals surface area contributed by atoms with Crippen LogP contribution in [0.1, 0.15) is 20.8 Å².